The van der Waals surface area contributed by atoms with Crippen molar-refractivity contribution < 1.29 is 9.59 Å². The summed E-state index contributed by atoms with van der Waals surface area (Å²) in [5, 5.41) is 0. The first-order chi connectivity index (χ1) is 14.9. The maximum Gasteiger partial charge on any atom is 0.272 e. The number of carbonyl (C=O) groups excluding carboxylic acids is 2. The third kappa shape index (κ3) is 4.86. The summed E-state index contributed by atoms with van der Waals surface area (Å²) in [6, 6.07) is 10.1. The van der Waals surface area contributed by atoms with Gasteiger partial charge in [-0.1, -0.05) is 38.1 Å². The average molecular weight is 422 g/mol. The lowest BCUT2D eigenvalue weighted by Gasteiger charge is -2.36. The minimum Gasteiger partial charge on any atom is -0.368 e. The van der Waals surface area contributed by atoms with E-state index in [1.54, 1.807) is 11.0 Å². The van der Waals surface area contributed by atoms with E-state index in [0.29, 0.717) is 44.1 Å². The summed E-state index contributed by atoms with van der Waals surface area (Å²) in [6.45, 7) is 6.78. The quantitative estimate of drug-likeness (QED) is 0.819. The number of carbonyl (C=O) groups is 2. The van der Waals surface area contributed by atoms with E-state index in [1.165, 1.54) is 11.1 Å². The van der Waals surface area contributed by atoms with Crippen LogP contribution in [0.5, 0.6) is 0 Å². The monoisotopic (exact) mass is 421 g/mol. The van der Waals surface area contributed by atoms with Crippen LogP contribution >= 0.6 is 0 Å². The molecule has 0 atom stereocenters. The van der Waals surface area contributed by atoms with E-state index < -0.39 is 0 Å². The minimum atomic E-state index is -0.128. The number of amides is 2. The summed E-state index contributed by atoms with van der Waals surface area (Å²) >= 11 is 0. The Kier molecular flexibility index (Phi) is 6.20. The Morgan fingerprint density at radius 2 is 1.77 bits per heavy atom. The summed E-state index contributed by atoms with van der Waals surface area (Å²) in [4.78, 5) is 38.3. The van der Waals surface area contributed by atoms with Gasteiger partial charge >= 0.3 is 0 Å². The molecule has 164 valence electrons. The molecule has 31 heavy (non-hydrogen) atoms. The third-order valence-corrected chi connectivity index (χ3v) is 6.21. The van der Waals surface area contributed by atoms with Gasteiger partial charge in [0.1, 0.15) is 5.69 Å². The van der Waals surface area contributed by atoms with Gasteiger partial charge in [-0.25, -0.2) is 9.97 Å². The van der Waals surface area contributed by atoms with E-state index in [0.717, 1.165) is 25.1 Å². The molecule has 0 bridgehead atoms. The van der Waals surface area contributed by atoms with Crippen LogP contribution in [0.1, 0.15) is 54.0 Å². The van der Waals surface area contributed by atoms with Gasteiger partial charge in [-0.3, -0.25) is 9.59 Å². The number of hydrogen-bond acceptors (Lipinski definition) is 5. The van der Waals surface area contributed by atoms with E-state index >= 15 is 0 Å². The molecule has 2 aliphatic rings. The Morgan fingerprint density at radius 3 is 2.48 bits per heavy atom. The largest absolute Gasteiger partial charge is 0.368 e. The summed E-state index contributed by atoms with van der Waals surface area (Å²) < 4.78 is 0. The minimum absolute atomic E-state index is 0.0266. The highest BCUT2D eigenvalue weighted by molar-refractivity contribution is 5.93. The maximum atomic E-state index is 13.1. The Labute approximate surface area is 183 Å². The fraction of sp³-hybridized carbons (Fsp3) is 0.500. The van der Waals surface area contributed by atoms with Crippen molar-refractivity contribution in [3.8, 4) is 0 Å². The molecule has 7 nitrogen and oxygen atoms in total. The van der Waals surface area contributed by atoms with Crippen molar-refractivity contribution in [2.24, 2.45) is 11.8 Å². The number of aromatic nitrogens is 2. The zero-order valence-electron chi connectivity index (χ0n) is 18.4. The smallest absolute Gasteiger partial charge is 0.272 e. The molecule has 3 heterocycles. The second-order valence-corrected chi connectivity index (χ2v) is 9.05. The molecular weight excluding hydrogens is 390 g/mol. The van der Waals surface area contributed by atoms with Gasteiger partial charge in [0.25, 0.3) is 5.91 Å². The highest BCUT2D eigenvalue weighted by Crippen LogP contribution is 2.25. The van der Waals surface area contributed by atoms with Crippen LogP contribution in [0, 0.1) is 11.8 Å². The normalized spacial score (nSPS) is 17.0. The van der Waals surface area contributed by atoms with Crippen LogP contribution in [0.25, 0.3) is 0 Å². The fourth-order valence-electron chi connectivity index (χ4n) is 4.58. The number of fused-ring (bicyclic) bond motifs is 1. The molecule has 1 fully saturated rings. The van der Waals surface area contributed by atoms with Gasteiger partial charge in [0, 0.05) is 37.8 Å². The highest BCUT2D eigenvalue weighted by atomic mass is 16.2. The molecule has 1 aromatic heterocycles. The zero-order chi connectivity index (χ0) is 22.0. The molecule has 0 unspecified atom stereocenters. The molecule has 2 aliphatic heterocycles. The number of nitrogen functional groups attached to an aromatic ring is 1. The number of benzene rings is 1. The molecule has 0 spiro atoms. The van der Waals surface area contributed by atoms with Gasteiger partial charge in [-0.05, 0) is 48.8 Å². The predicted octanol–water partition coefficient (Wildman–Crippen LogP) is 2.69. The van der Waals surface area contributed by atoms with Gasteiger partial charge in [-0.15, -0.1) is 0 Å². The SMILES string of the molecule is CC(C)Cc1cc(C(=O)N2CCC(C(=O)N3CCc4ccccc4C3)CC2)nc(N)n1. The Hall–Kier alpha value is -2.96. The molecule has 0 radical (unpaired) electrons. The first-order valence-electron chi connectivity index (χ1n) is 11.2. The van der Waals surface area contributed by atoms with Crippen molar-refractivity contribution in [3.63, 3.8) is 0 Å². The summed E-state index contributed by atoms with van der Waals surface area (Å²) in [5.41, 5.74) is 9.56. The first kappa shape index (κ1) is 21.3. The second kappa shape index (κ2) is 9.04. The molecule has 2 N–H and O–H groups in total. The topological polar surface area (TPSA) is 92.4 Å². The molecule has 1 saturated heterocycles. The molecular formula is C24H31N5O2. The first-order valence-corrected chi connectivity index (χ1v) is 11.2. The molecule has 2 aromatic rings. The van der Waals surface area contributed by atoms with Crippen LogP contribution in [-0.4, -0.2) is 51.2 Å². The van der Waals surface area contributed by atoms with Gasteiger partial charge in [-0.2, -0.15) is 0 Å². The van der Waals surface area contributed by atoms with Gasteiger partial charge in [0.15, 0.2) is 0 Å². The lowest BCUT2D eigenvalue weighted by molar-refractivity contribution is -0.137. The Balaban J connectivity index is 1.36. The fourth-order valence-corrected chi connectivity index (χ4v) is 4.58. The maximum absolute atomic E-state index is 13.1. The van der Waals surface area contributed by atoms with Crippen molar-refractivity contribution >= 4 is 17.8 Å². The number of hydrogen-bond donors (Lipinski definition) is 1. The lowest BCUT2D eigenvalue weighted by Crippen LogP contribution is -2.45. The van der Waals surface area contributed by atoms with Crippen molar-refractivity contribution in [2.75, 3.05) is 25.4 Å². The molecule has 0 aliphatic carbocycles. The third-order valence-electron chi connectivity index (χ3n) is 6.21. The number of piperidine rings is 1. The van der Waals surface area contributed by atoms with Crippen LogP contribution in [-0.2, 0) is 24.2 Å². The molecule has 4 rings (SSSR count). The van der Waals surface area contributed by atoms with Crippen molar-refractivity contribution in [2.45, 2.75) is 46.1 Å². The number of likely N-dealkylation sites (tertiary alicyclic amines) is 1. The van der Waals surface area contributed by atoms with Gasteiger partial charge in [0.2, 0.25) is 11.9 Å². The standard InChI is InChI=1S/C24H31N5O2/c1-16(2)13-20-14-21(27-24(25)26-20)23(31)28-10-8-18(9-11-28)22(30)29-12-7-17-5-3-4-6-19(17)15-29/h3-6,14,16,18H,7-13,15H2,1-2H3,(H2,25,26,27). The summed E-state index contributed by atoms with van der Waals surface area (Å²) in [6.07, 6.45) is 3.03. The van der Waals surface area contributed by atoms with Crippen molar-refractivity contribution in [3.05, 3.63) is 52.8 Å². The van der Waals surface area contributed by atoms with Crippen molar-refractivity contribution in [1.82, 2.24) is 19.8 Å². The van der Waals surface area contributed by atoms with Crippen LogP contribution in [0.4, 0.5) is 5.95 Å². The molecule has 7 heteroatoms. The van der Waals surface area contributed by atoms with Gasteiger partial charge in [0.05, 0.1) is 0 Å². The van der Waals surface area contributed by atoms with Crippen LogP contribution in [0.2, 0.25) is 0 Å². The van der Waals surface area contributed by atoms with Crippen molar-refractivity contribution in [1.29, 1.82) is 0 Å². The number of rotatable bonds is 4. The van der Waals surface area contributed by atoms with E-state index in [9.17, 15) is 9.59 Å². The van der Waals surface area contributed by atoms with Crippen LogP contribution < -0.4 is 5.73 Å². The average Bonchev–Trinajstić information content (AvgIpc) is 2.77. The molecule has 0 saturated carbocycles. The van der Waals surface area contributed by atoms with E-state index in [1.807, 2.05) is 11.0 Å². The van der Waals surface area contributed by atoms with E-state index in [4.69, 9.17) is 5.73 Å². The second-order valence-electron chi connectivity index (χ2n) is 9.05. The van der Waals surface area contributed by atoms with Crippen LogP contribution in [0.15, 0.2) is 30.3 Å². The summed E-state index contributed by atoms with van der Waals surface area (Å²) in [5.74, 6) is 0.614. The predicted molar refractivity (Wildman–Crippen MR) is 119 cm³/mol. The van der Waals surface area contributed by atoms with E-state index in [2.05, 4.69) is 42.0 Å². The number of nitrogens with zero attached hydrogens (tertiary/aromatic N) is 4. The Bertz CT molecular complexity index is 966. The van der Waals surface area contributed by atoms with Gasteiger partial charge < -0.3 is 15.5 Å². The summed E-state index contributed by atoms with van der Waals surface area (Å²) in [7, 11) is 0. The Morgan fingerprint density at radius 1 is 1.06 bits per heavy atom. The van der Waals surface area contributed by atoms with Crippen LogP contribution in [0.3, 0.4) is 0 Å². The lowest BCUT2D eigenvalue weighted by atomic mass is 9.93. The molecule has 1 aromatic carbocycles. The molecule has 2 amide bonds. The van der Waals surface area contributed by atoms with E-state index in [-0.39, 0.29) is 23.7 Å². The number of nitrogens with two attached hydrogens (primary N) is 1. The zero-order valence-corrected chi connectivity index (χ0v) is 18.4. The highest BCUT2D eigenvalue weighted by Gasteiger charge is 2.32. The number of anilines is 1.